The fourth-order valence-electron chi connectivity index (χ4n) is 13.3. The molecule has 100 heavy (non-hydrogen) atoms. The summed E-state index contributed by atoms with van der Waals surface area (Å²) in [6, 6.07) is 0. The van der Waals surface area contributed by atoms with Gasteiger partial charge in [-0.1, -0.05) is 143 Å². The molecule has 0 aromatic heterocycles. The second-order valence-corrected chi connectivity index (χ2v) is 26.9. The quantitative estimate of drug-likeness (QED) is 0.0343. The van der Waals surface area contributed by atoms with Gasteiger partial charge in [-0.3, -0.25) is 47.9 Å². The Morgan fingerprint density at radius 3 is 1.29 bits per heavy atom. The maximum absolute atomic E-state index is 14.4. The third kappa shape index (κ3) is 28.5. The van der Waals surface area contributed by atoms with Gasteiger partial charge in [0, 0.05) is 67.7 Å². The van der Waals surface area contributed by atoms with Gasteiger partial charge in [0.05, 0.1) is 24.4 Å². The Bertz CT molecular complexity index is 2550. The van der Waals surface area contributed by atoms with Gasteiger partial charge in [-0.25, -0.2) is 0 Å². The summed E-state index contributed by atoms with van der Waals surface area (Å²) in [5.74, 6) is -8.03. The average molecular weight is 1430 g/mol. The zero-order chi connectivity index (χ0) is 73.4. The first-order chi connectivity index (χ1) is 47.7. The summed E-state index contributed by atoms with van der Waals surface area (Å²) in [6.45, 7) is 18.2. The molecule has 0 spiro atoms. The van der Waals surface area contributed by atoms with Crippen LogP contribution in [-0.4, -0.2) is 195 Å². The molecule has 5 aliphatic heterocycles. The van der Waals surface area contributed by atoms with Crippen LogP contribution in [0.25, 0.3) is 0 Å². The van der Waals surface area contributed by atoms with E-state index in [1.807, 2.05) is 0 Å². The highest BCUT2D eigenvalue weighted by Gasteiger charge is 2.61. The van der Waals surface area contributed by atoms with E-state index in [0.29, 0.717) is 44.9 Å². The molecular weight excluding hydrogens is 1310 g/mol. The molecule has 5 saturated heterocycles. The zero-order valence-electron chi connectivity index (χ0n) is 61.4. The number of unbranched alkanes of at least 4 members (excludes halogenated alkanes) is 12. The van der Waals surface area contributed by atoms with Gasteiger partial charge in [0.15, 0.2) is 86.2 Å². The Labute approximate surface area is 589 Å². The van der Waals surface area contributed by atoms with E-state index in [1.165, 1.54) is 20.8 Å². The first-order valence-electron chi connectivity index (χ1n) is 36.7. The Morgan fingerprint density at radius 2 is 0.770 bits per heavy atom. The lowest BCUT2D eigenvalue weighted by atomic mass is 9.95. The predicted octanol–water partition coefficient (Wildman–Crippen LogP) is 9.98. The van der Waals surface area contributed by atoms with Gasteiger partial charge in [-0.2, -0.15) is 0 Å². The maximum atomic E-state index is 14.4. The van der Waals surface area contributed by atoms with E-state index < -0.39 is 195 Å². The van der Waals surface area contributed by atoms with E-state index in [1.54, 1.807) is 6.92 Å². The third-order valence-corrected chi connectivity index (χ3v) is 18.0. The fraction of sp³-hybridized carbons (Fsp3) is 0.861. The van der Waals surface area contributed by atoms with Gasteiger partial charge in [0.2, 0.25) is 0 Å². The number of fused-ring (bicyclic) bond motifs is 2. The van der Waals surface area contributed by atoms with Crippen molar-refractivity contribution in [1.82, 2.24) is 0 Å². The van der Waals surface area contributed by atoms with Crippen molar-refractivity contribution in [3.05, 3.63) is 0 Å². The smallest absolute Gasteiger partial charge is 0.306 e. The van der Waals surface area contributed by atoms with Crippen LogP contribution in [0.5, 0.6) is 0 Å². The van der Waals surface area contributed by atoms with Crippen LogP contribution in [0.3, 0.4) is 0 Å². The minimum Gasteiger partial charge on any atom is -0.463 e. The van der Waals surface area contributed by atoms with Gasteiger partial charge >= 0.3 is 59.7 Å². The average Bonchev–Trinajstić information content (AvgIpc) is 0.767. The van der Waals surface area contributed by atoms with Gasteiger partial charge < -0.3 is 85.3 Å². The van der Waals surface area contributed by atoms with Crippen LogP contribution in [0.2, 0.25) is 0 Å². The Morgan fingerprint density at radius 1 is 0.370 bits per heavy atom. The van der Waals surface area contributed by atoms with Crippen molar-refractivity contribution in [2.24, 2.45) is 0 Å². The van der Waals surface area contributed by atoms with E-state index in [9.17, 15) is 47.9 Å². The standard InChI is InChI=1S/C72H116O28/c1-14-17-20-22-24-29-34-38-54(80)95-57-42(4)84-69(65(91-50(12)78)61(57)88-47(9)75)99-59-44(6)85-70(66(92-51(13)79)63(59)96-55(81)39-33-27-21-18-15-2)98-58-43(5)86-71-67(62(58)89-48(10)76)97-56(82)40-35-30-26-23-25-28-32-37-52(36-31-19-16-3)93-72-68(100-71)64(90-49(11)77)60(87-46(8)74)53(94-72)41-83-45(7)73/h42-44,52-53,57-72H,14-41H2,1-13H3/t42-,43-,44-,52-,53+,57-,58-,59-,60+,61+,62+,63+,64-,65+,66+,67+,68+,69-,70-,71-,72+/m0/s1. The van der Waals surface area contributed by atoms with Crippen molar-refractivity contribution < 1.29 is 133 Å². The molecule has 0 saturated carbocycles. The van der Waals surface area contributed by atoms with Crippen molar-refractivity contribution in [3.8, 4) is 0 Å². The Hall–Kier alpha value is -5.62. The Kier molecular flexibility index (Phi) is 38.1. The molecule has 5 rings (SSSR count). The molecule has 5 fully saturated rings. The van der Waals surface area contributed by atoms with Crippen LogP contribution in [0.4, 0.5) is 0 Å². The number of hydrogen-bond acceptors (Lipinski definition) is 28. The lowest BCUT2D eigenvalue weighted by Gasteiger charge is -2.51. The largest absolute Gasteiger partial charge is 0.463 e. The molecule has 21 atom stereocenters. The first kappa shape index (κ1) is 85.0. The molecule has 28 heteroatoms. The molecule has 0 bridgehead atoms. The zero-order valence-corrected chi connectivity index (χ0v) is 61.4. The minimum atomic E-state index is -1.80. The van der Waals surface area contributed by atoms with E-state index in [0.717, 1.165) is 151 Å². The molecule has 0 aromatic rings. The van der Waals surface area contributed by atoms with Crippen LogP contribution in [0.1, 0.15) is 263 Å². The second-order valence-electron chi connectivity index (χ2n) is 26.9. The van der Waals surface area contributed by atoms with Gasteiger partial charge in [0.1, 0.15) is 24.9 Å². The van der Waals surface area contributed by atoms with Crippen molar-refractivity contribution in [2.75, 3.05) is 6.61 Å². The summed E-state index contributed by atoms with van der Waals surface area (Å²) in [6.07, 6.45) is -12.3. The molecule has 0 radical (unpaired) electrons. The molecule has 5 aliphatic rings. The molecule has 0 aromatic carbocycles. The van der Waals surface area contributed by atoms with Crippen LogP contribution >= 0.6 is 0 Å². The molecule has 572 valence electrons. The van der Waals surface area contributed by atoms with Crippen molar-refractivity contribution in [3.63, 3.8) is 0 Å². The normalized spacial score (nSPS) is 32.2. The van der Waals surface area contributed by atoms with Crippen LogP contribution in [0, 0.1) is 0 Å². The lowest BCUT2D eigenvalue weighted by molar-refractivity contribution is -0.389. The highest BCUT2D eigenvalue weighted by molar-refractivity contribution is 5.72. The SMILES string of the molecule is CCCCCCCCCC(=O)O[C@@H]1[C@@H](OC(C)=O)[C@@H](OC(C)=O)[C@H](O[C@@H]2[C@@H](OC(=O)CCCCCCC)[C@@H](OC(C)=O)[C@H](O[C@@H]3[C@@H](OC(C)=O)[C@H]4OC(=O)CCCCCCCCC[C@H](CCCCC)O[C@@H]5O[C@H](COC(C)=O)[C@@H](OC(C)=O)[C@H](OC(C)=O)[C@H]5O[C@@H]4O[C@H]3C)O[C@H]2C)O[C@H]1C. The summed E-state index contributed by atoms with van der Waals surface area (Å²) in [5, 5.41) is 0. The summed E-state index contributed by atoms with van der Waals surface area (Å²) >= 11 is 0. The van der Waals surface area contributed by atoms with Crippen LogP contribution in [-0.2, 0) is 133 Å². The topological polar surface area (TPSA) is 337 Å². The summed E-state index contributed by atoms with van der Waals surface area (Å²) < 4.78 is 114. The summed E-state index contributed by atoms with van der Waals surface area (Å²) in [4.78, 5) is 134. The van der Waals surface area contributed by atoms with Crippen molar-refractivity contribution >= 4 is 59.7 Å². The van der Waals surface area contributed by atoms with E-state index in [4.69, 9.17) is 85.3 Å². The maximum Gasteiger partial charge on any atom is 0.306 e. The molecule has 5 heterocycles. The number of hydrogen-bond donors (Lipinski definition) is 0. The van der Waals surface area contributed by atoms with E-state index in [-0.39, 0.29) is 19.3 Å². The number of carbonyl (C=O) groups is 10. The number of ether oxygens (including phenoxy) is 18. The third-order valence-electron chi connectivity index (χ3n) is 18.0. The van der Waals surface area contributed by atoms with Crippen LogP contribution in [0.15, 0.2) is 0 Å². The highest BCUT2D eigenvalue weighted by atomic mass is 16.8. The molecule has 28 nitrogen and oxygen atoms in total. The summed E-state index contributed by atoms with van der Waals surface area (Å²) in [5.41, 5.74) is 0. The first-order valence-corrected chi connectivity index (χ1v) is 36.7. The molecule has 0 N–H and O–H groups in total. The number of carbonyl (C=O) groups excluding carboxylic acids is 10. The monoisotopic (exact) mass is 1430 g/mol. The number of esters is 10. The Balaban J connectivity index is 1.62. The second kappa shape index (κ2) is 44.8. The van der Waals surface area contributed by atoms with Crippen molar-refractivity contribution in [2.45, 2.75) is 392 Å². The molecule has 0 aliphatic carbocycles. The molecule has 0 amide bonds. The minimum absolute atomic E-state index is 0.0450. The number of rotatable bonds is 32. The molecular formula is C72H116O28. The van der Waals surface area contributed by atoms with Crippen molar-refractivity contribution in [1.29, 1.82) is 0 Å². The molecule has 0 unspecified atom stereocenters. The van der Waals surface area contributed by atoms with Gasteiger partial charge in [-0.05, 0) is 52.9 Å². The predicted molar refractivity (Wildman–Crippen MR) is 352 cm³/mol. The van der Waals surface area contributed by atoms with E-state index in [2.05, 4.69) is 20.8 Å². The van der Waals surface area contributed by atoms with Gasteiger partial charge in [0.25, 0.3) is 0 Å². The summed E-state index contributed by atoms with van der Waals surface area (Å²) in [7, 11) is 0. The van der Waals surface area contributed by atoms with Gasteiger partial charge in [-0.15, -0.1) is 0 Å². The lowest BCUT2D eigenvalue weighted by Crippen LogP contribution is -2.68. The highest BCUT2D eigenvalue weighted by Crippen LogP contribution is 2.41. The fourth-order valence-corrected chi connectivity index (χ4v) is 13.3. The van der Waals surface area contributed by atoms with E-state index >= 15 is 0 Å². The van der Waals surface area contributed by atoms with Crippen LogP contribution < -0.4 is 0 Å².